The van der Waals surface area contributed by atoms with Gasteiger partial charge in [0.1, 0.15) is 5.69 Å². The number of rotatable bonds is 6. The maximum absolute atomic E-state index is 13.3. The molecule has 27 heavy (non-hydrogen) atoms. The van der Waals surface area contributed by atoms with Crippen LogP contribution in [0.15, 0.2) is 28.9 Å². The van der Waals surface area contributed by atoms with Crippen molar-refractivity contribution in [3.63, 3.8) is 0 Å². The van der Waals surface area contributed by atoms with Gasteiger partial charge in [-0.05, 0) is 57.7 Å². The molecule has 9 heteroatoms. The molecule has 0 unspecified atom stereocenters. The molecule has 0 aliphatic carbocycles. The molecule has 0 saturated heterocycles. The van der Waals surface area contributed by atoms with Crippen LogP contribution in [0.3, 0.4) is 0 Å². The summed E-state index contributed by atoms with van der Waals surface area (Å²) in [4.78, 5) is 21.9. The Labute approximate surface area is 177 Å². The fourth-order valence-corrected chi connectivity index (χ4v) is 4.35. The van der Waals surface area contributed by atoms with Gasteiger partial charge < -0.3 is 4.90 Å². The Morgan fingerprint density at radius 2 is 2.04 bits per heavy atom. The van der Waals surface area contributed by atoms with E-state index in [1.165, 1.54) is 11.3 Å². The first-order chi connectivity index (χ1) is 12.4. The first-order valence-corrected chi connectivity index (χ1v) is 9.99. The Morgan fingerprint density at radius 1 is 1.30 bits per heavy atom. The molecule has 0 bridgehead atoms. The van der Waals surface area contributed by atoms with Crippen LogP contribution >= 0.6 is 39.7 Å². The van der Waals surface area contributed by atoms with Crippen molar-refractivity contribution in [1.82, 2.24) is 19.7 Å². The van der Waals surface area contributed by atoms with E-state index in [2.05, 4.69) is 25.9 Å². The number of aromatic nitrogens is 3. The minimum absolute atomic E-state index is 0. The molecule has 3 rings (SSSR count). The molecule has 0 aliphatic rings. The minimum atomic E-state index is -0.0561. The summed E-state index contributed by atoms with van der Waals surface area (Å²) in [5.41, 5.74) is 2.38. The fraction of sp³-hybridized carbons (Fsp3) is 0.389. The summed E-state index contributed by atoms with van der Waals surface area (Å²) in [6, 6.07) is 5.97. The number of carbonyl (C=O) groups excluding carboxylic acids is 1. The van der Waals surface area contributed by atoms with Crippen molar-refractivity contribution < 1.29 is 4.79 Å². The first kappa shape index (κ1) is 21.8. The lowest BCUT2D eigenvalue weighted by atomic mass is 10.2. The second-order valence-electron chi connectivity index (χ2n) is 6.52. The van der Waals surface area contributed by atoms with Crippen molar-refractivity contribution in [1.29, 1.82) is 0 Å². The average Bonchev–Trinajstić information content (AvgIpc) is 3.13. The lowest BCUT2D eigenvalue weighted by Gasteiger charge is -2.21. The molecule has 1 amide bonds. The van der Waals surface area contributed by atoms with Crippen molar-refractivity contribution in [2.45, 2.75) is 13.3 Å². The molecule has 0 spiro atoms. The highest BCUT2D eigenvalue weighted by Crippen LogP contribution is 2.32. The van der Waals surface area contributed by atoms with E-state index in [-0.39, 0.29) is 18.3 Å². The van der Waals surface area contributed by atoms with Crippen LogP contribution in [0.2, 0.25) is 0 Å². The van der Waals surface area contributed by atoms with E-state index >= 15 is 0 Å². The number of fused-ring (bicyclic) bond motifs is 1. The fourth-order valence-electron chi connectivity index (χ4n) is 2.81. The van der Waals surface area contributed by atoms with E-state index in [1.54, 1.807) is 22.8 Å². The van der Waals surface area contributed by atoms with Crippen molar-refractivity contribution in [2.75, 3.05) is 32.1 Å². The van der Waals surface area contributed by atoms with Crippen molar-refractivity contribution >= 4 is 60.9 Å². The zero-order chi connectivity index (χ0) is 18.8. The Kier molecular flexibility index (Phi) is 7.39. The maximum atomic E-state index is 13.3. The maximum Gasteiger partial charge on any atom is 0.278 e. The number of aryl methyl sites for hydroxylation is 2. The number of hydrogen-bond donors (Lipinski definition) is 0. The quantitative estimate of drug-likeness (QED) is 0.541. The summed E-state index contributed by atoms with van der Waals surface area (Å²) in [7, 11) is 5.87. The summed E-state index contributed by atoms with van der Waals surface area (Å²) < 4.78 is 3.70. The normalized spacial score (nSPS) is 11.0. The third-order valence-electron chi connectivity index (χ3n) is 4.13. The third-order valence-corrected chi connectivity index (χ3v) is 5.66. The molecule has 0 atom stereocenters. The SMILES string of the molecule is Cc1cnn(C)c1C(=O)N(CCCN(C)C)c1nc2ccc(Br)cc2s1.Cl. The number of nitrogens with zero attached hydrogens (tertiary/aromatic N) is 5. The third kappa shape index (κ3) is 4.87. The molecule has 3 aromatic rings. The van der Waals surface area contributed by atoms with Crippen LogP contribution in [0.4, 0.5) is 5.13 Å². The lowest BCUT2D eigenvalue weighted by Crippen LogP contribution is -2.35. The van der Waals surface area contributed by atoms with E-state index in [0.29, 0.717) is 12.2 Å². The van der Waals surface area contributed by atoms with Crippen molar-refractivity contribution in [2.24, 2.45) is 7.05 Å². The average molecular weight is 473 g/mol. The lowest BCUT2D eigenvalue weighted by molar-refractivity contribution is 0.0976. The van der Waals surface area contributed by atoms with Gasteiger partial charge in [0.05, 0.1) is 16.4 Å². The van der Waals surface area contributed by atoms with Crippen LogP contribution in [0.1, 0.15) is 22.5 Å². The van der Waals surface area contributed by atoms with Gasteiger partial charge in [0.2, 0.25) is 0 Å². The predicted octanol–water partition coefficient (Wildman–Crippen LogP) is 4.12. The molecule has 0 radical (unpaired) electrons. The number of halogens is 2. The van der Waals surface area contributed by atoms with Gasteiger partial charge in [-0.25, -0.2) is 4.98 Å². The summed E-state index contributed by atoms with van der Waals surface area (Å²) in [5, 5.41) is 4.94. The standard InChI is InChI=1S/C18H22BrN5OS.ClH/c1-12-11-20-23(4)16(12)17(25)24(9-5-8-22(2)3)18-21-14-7-6-13(19)10-15(14)26-18;/h6-7,10-11H,5,8-9H2,1-4H3;1H. The van der Waals surface area contributed by atoms with Crippen LogP contribution in [-0.2, 0) is 7.05 Å². The van der Waals surface area contributed by atoms with E-state index < -0.39 is 0 Å². The molecule has 6 nitrogen and oxygen atoms in total. The van der Waals surface area contributed by atoms with Crippen LogP contribution in [0.5, 0.6) is 0 Å². The van der Waals surface area contributed by atoms with Crippen LogP contribution in [0.25, 0.3) is 10.2 Å². The molecular formula is C18H23BrClN5OS. The number of anilines is 1. The van der Waals surface area contributed by atoms with Gasteiger partial charge in [-0.15, -0.1) is 12.4 Å². The van der Waals surface area contributed by atoms with E-state index in [9.17, 15) is 4.79 Å². The molecule has 0 aliphatic heterocycles. The van der Waals surface area contributed by atoms with Crippen LogP contribution in [-0.4, -0.2) is 52.8 Å². The molecule has 0 N–H and O–H groups in total. The second kappa shape index (κ2) is 9.14. The van der Waals surface area contributed by atoms with Gasteiger partial charge in [0.25, 0.3) is 5.91 Å². The monoisotopic (exact) mass is 471 g/mol. The van der Waals surface area contributed by atoms with Gasteiger partial charge >= 0.3 is 0 Å². The smallest absolute Gasteiger partial charge is 0.278 e. The Bertz CT molecular complexity index is 920. The van der Waals surface area contributed by atoms with E-state index in [1.807, 2.05) is 39.2 Å². The van der Waals surface area contributed by atoms with Crippen molar-refractivity contribution in [3.8, 4) is 0 Å². The highest BCUT2D eigenvalue weighted by atomic mass is 79.9. The van der Waals surface area contributed by atoms with Gasteiger partial charge in [-0.2, -0.15) is 5.10 Å². The zero-order valence-corrected chi connectivity index (χ0v) is 19.0. The minimum Gasteiger partial charge on any atom is -0.309 e. The number of thiazole rings is 1. The van der Waals surface area contributed by atoms with Crippen molar-refractivity contribution in [3.05, 3.63) is 40.1 Å². The highest BCUT2D eigenvalue weighted by molar-refractivity contribution is 9.10. The topological polar surface area (TPSA) is 54.3 Å². The number of hydrogen-bond acceptors (Lipinski definition) is 5. The molecule has 0 fully saturated rings. The Hall–Kier alpha value is -1.48. The van der Waals surface area contributed by atoms with Crippen LogP contribution in [0, 0.1) is 6.92 Å². The molecule has 1 aromatic carbocycles. The largest absolute Gasteiger partial charge is 0.309 e. The molecule has 2 heterocycles. The van der Waals surface area contributed by atoms with Crippen LogP contribution < -0.4 is 4.90 Å². The van der Waals surface area contributed by atoms with Gasteiger partial charge in [-0.1, -0.05) is 27.3 Å². The van der Waals surface area contributed by atoms with Gasteiger partial charge in [0, 0.05) is 18.1 Å². The van der Waals surface area contributed by atoms with E-state index in [4.69, 9.17) is 4.98 Å². The Balaban J connectivity index is 0.00000261. The number of benzene rings is 1. The predicted molar refractivity (Wildman–Crippen MR) is 117 cm³/mol. The first-order valence-electron chi connectivity index (χ1n) is 8.38. The summed E-state index contributed by atoms with van der Waals surface area (Å²) in [5.74, 6) is -0.0561. The summed E-state index contributed by atoms with van der Waals surface area (Å²) in [6.45, 7) is 3.43. The Morgan fingerprint density at radius 3 is 2.67 bits per heavy atom. The molecular weight excluding hydrogens is 450 g/mol. The highest BCUT2D eigenvalue weighted by Gasteiger charge is 2.25. The van der Waals surface area contributed by atoms with E-state index in [0.717, 1.165) is 38.3 Å². The van der Waals surface area contributed by atoms with Gasteiger partial charge in [0.15, 0.2) is 5.13 Å². The molecule has 2 aromatic heterocycles. The summed E-state index contributed by atoms with van der Waals surface area (Å²) in [6.07, 6.45) is 2.59. The second-order valence-corrected chi connectivity index (χ2v) is 8.45. The molecule has 0 saturated carbocycles. The zero-order valence-electron chi connectivity index (χ0n) is 15.8. The summed E-state index contributed by atoms with van der Waals surface area (Å²) >= 11 is 5.03. The number of carbonyl (C=O) groups is 1. The molecule has 146 valence electrons. The van der Waals surface area contributed by atoms with Gasteiger partial charge in [-0.3, -0.25) is 14.4 Å². The number of amides is 1.